The molecule has 2 amide bonds. The van der Waals surface area contributed by atoms with Crippen LogP contribution in [-0.4, -0.2) is 50.7 Å². The first-order valence-electron chi connectivity index (χ1n) is 13.2. The van der Waals surface area contributed by atoms with Crippen LogP contribution in [-0.2, 0) is 21.0 Å². The Morgan fingerprint density at radius 1 is 1.07 bits per heavy atom. The molecule has 216 valence electrons. The predicted molar refractivity (Wildman–Crippen MR) is 149 cm³/mol. The zero-order valence-corrected chi connectivity index (χ0v) is 23.7. The molecule has 12 heteroatoms. The average Bonchev–Trinajstić information content (AvgIpc) is 3.60. The Hall–Kier alpha value is -2.96. The summed E-state index contributed by atoms with van der Waals surface area (Å²) in [5.41, 5.74) is -1.22. The molecule has 2 aromatic carbocycles. The van der Waals surface area contributed by atoms with Crippen LogP contribution >= 0.6 is 11.3 Å². The van der Waals surface area contributed by atoms with Crippen LogP contribution < -0.4 is 10.6 Å². The second kappa shape index (κ2) is 12.7. The number of rotatable bonds is 11. The molecule has 0 aliphatic heterocycles. The van der Waals surface area contributed by atoms with Crippen molar-refractivity contribution in [3.05, 3.63) is 65.0 Å². The molecule has 1 atom stereocenters. The monoisotopic (exact) mass is 595 g/mol. The maximum Gasteiger partial charge on any atom is 0.417 e. The number of amides is 2. The molecule has 0 spiro atoms. The highest BCUT2D eigenvalue weighted by molar-refractivity contribution is 7.89. The number of nitrogens with one attached hydrogen (secondary N) is 2. The minimum atomic E-state index is -4.81. The van der Waals surface area contributed by atoms with Crippen molar-refractivity contribution in [1.29, 1.82) is 0 Å². The molecule has 40 heavy (non-hydrogen) atoms. The van der Waals surface area contributed by atoms with Gasteiger partial charge in [-0.15, -0.1) is 11.3 Å². The van der Waals surface area contributed by atoms with Crippen LogP contribution in [0.4, 0.5) is 13.2 Å². The summed E-state index contributed by atoms with van der Waals surface area (Å²) >= 11 is 1.35. The minimum absolute atomic E-state index is 0.0968. The Bertz CT molecular complexity index is 1420. The lowest BCUT2D eigenvalue weighted by Crippen LogP contribution is -2.48. The zero-order chi connectivity index (χ0) is 28.9. The highest BCUT2D eigenvalue weighted by Crippen LogP contribution is 2.35. The average molecular weight is 596 g/mol. The van der Waals surface area contributed by atoms with Gasteiger partial charge in [-0.3, -0.25) is 9.59 Å². The summed E-state index contributed by atoms with van der Waals surface area (Å²) in [6, 6.07) is 12.7. The van der Waals surface area contributed by atoms with E-state index < -0.39 is 32.7 Å². The van der Waals surface area contributed by atoms with Crippen molar-refractivity contribution in [2.75, 3.05) is 20.1 Å². The Kier molecular flexibility index (Phi) is 9.52. The summed E-state index contributed by atoms with van der Waals surface area (Å²) in [6.07, 6.45) is 0.0202. The number of carbonyl (C=O) groups excluding carboxylic acids is 2. The normalized spacial score (nSPS) is 15.4. The second-order valence-electron chi connectivity index (χ2n) is 10.0. The first-order valence-corrected chi connectivity index (χ1v) is 15.4. The van der Waals surface area contributed by atoms with E-state index in [-0.39, 0.29) is 31.3 Å². The lowest BCUT2D eigenvalue weighted by molar-refractivity contribution is -0.140. The molecule has 1 aromatic heterocycles. The van der Waals surface area contributed by atoms with Gasteiger partial charge in [0, 0.05) is 24.8 Å². The topological polar surface area (TPSA) is 95.6 Å². The van der Waals surface area contributed by atoms with Gasteiger partial charge in [0.15, 0.2) is 0 Å². The molecule has 1 heterocycles. The number of benzene rings is 2. The summed E-state index contributed by atoms with van der Waals surface area (Å²) < 4.78 is 67.6. The Balaban J connectivity index is 1.36. The fourth-order valence-electron chi connectivity index (χ4n) is 4.98. The Morgan fingerprint density at radius 3 is 2.45 bits per heavy atom. The molecule has 7 nitrogen and oxygen atoms in total. The molecule has 3 aromatic rings. The molecular weight excluding hydrogens is 563 g/mol. The van der Waals surface area contributed by atoms with Gasteiger partial charge in [-0.25, -0.2) is 12.7 Å². The van der Waals surface area contributed by atoms with E-state index in [4.69, 9.17) is 0 Å². The quantitative estimate of drug-likeness (QED) is 0.289. The summed E-state index contributed by atoms with van der Waals surface area (Å²) in [4.78, 5) is 25.8. The molecule has 1 saturated carbocycles. The Labute approximate surface area is 235 Å². The van der Waals surface area contributed by atoms with E-state index in [1.165, 1.54) is 24.5 Å². The first-order chi connectivity index (χ1) is 19.0. The fourth-order valence-corrected chi connectivity index (χ4v) is 7.37. The SMILES string of the molecule is CN(CCCNC(=O)[C@H](CC1CCCC1)NC(=O)c1cc2ccccc2s1)S(=O)(=O)c1ccccc1C(F)(F)F. The fraction of sp³-hybridized carbons (Fsp3) is 0.429. The number of carbonyl (C=O) groups is 2. The number of hydrogen-bond donors (Lipinski definition) is 2. The maximum atomic E-state index is 13.4. The van der Waals surface area contributed by atoms with Crippen molar-refractivity contribution in [2.45, 2.75) is 55.6 Å². The highest BCUT2D eigenvalue weighted by Gasteiger charge is 2.38. The number of hydrogen-bond acceptors (Lipinski definition) is 5. The number of thiophene rings is 1. The van der Waals surface area contributed by atoms with Gasteiger partial charge in [0.05, 0.1) is 15.3 Å². The van der Waals surface area contributed by atoms with Crippen LogP contribution in [0.3, 0.4) is 0 Å². The zero-order valence-electron chi connectivity index (χ0n) is 22.0. The lowest BCUT2D eigenvalue weighted by atomic mass is 9.97. The van der Waals surface area contributed by atoms with Crippen molar-refractivity contribution in [1.82, 2.24) is 14.9 Å². The number of alkyl halides is 3. The van der Waals surface area contributed by atoms with Gasteiger partial charge >= 0.3 is 6.18 Å². The van der Waals surface area contributed by atoms with E-state index >= 15 is 0 Å². The third kappa shape index (κ3) is 7.21. The predicted octanol–water partition coefficient (Wildman–Crippen LogP) is 5.43. The standard InChI is InChI=1S/C28H32F3N3O4S2/c1-34(40(37,38)25-14-7-5-12-21(25)28(29,30)31)16-8-15-32-26(35)22(17-19-9-2-3-10-19)33-27(36)24-18-20-11-4-6-13-23(20)39-24/h4-7,11-14,18-19,22H,2-3,8-10,15-17H2,1H3,(H,32,35)(H,33,36)/t22-/m0/s1. The van der Waals surface area contributed by atoms with Gasteiger partial charge in [-0.2, -0.15) is 13.2 Å². The summed E-state index contributed by atoms with van der Waals surface area (Å²) in [6.45, 7) is -0.00419. The second-order valence-corrected chi connectivity index (χ2v) is 13.1. The lowest BCUT2D eigenvalue weighted by Gasteiger charge is -2.22. The summed E-state index contributed by atoms with van der Waals surface area (Å²) in [5, 5.41) is 6.60. The van der Waals surface area contributed by atoms with E-state index in [1.54, 1.807) is 6.07 Å². The van der Waals surface area contributed by atoms with E-state index in [9.17, 15) is 31.2 Å². The van der Waals surface area contributed by atoms with Crippen LogP contribution in [0.5, 0.6) is 0 Å². The van der Waals surface area contributed by atoms with Crippen molar-refractivity contribution < 1.29 is 31.2 Å². The first kappa shape index (κ1) is 30.0. The molecule has 0 saturated heterocycles. The van der Waals surface area contributed by atoms with Crippen LogP contribution in [0.25, 0.3) is 10.1 Å². The smallest absolute Gasteiger partial charge is 0.354 e. The minimum Gasteiger partial charge on any atom is -0.354 e. The molecule has 1 aliphatic rings. The van der Waals surface area contributed by atoms with Gasteiger partial charge in [-0.1, -0.05) is 56.0 Å². The van der Waals surface area contributed by atoms with Crippen molar-refractivity contribution in [3.8, 4) is 0 Å². The molecule has 0 bridgehead atoms. The van der Waals surface area contributed by atoms with E-state index in [0.29, 0.717) is 17.2 Å². The van der Waals surface area contributed by atoms with Crippen molar-refractivity contribution in [2.24, 2.45) is 5.92 Å². The molecule has 1 fully saturated rings. The summed E-state index contributed by atoms with van der Waals surface area (Å²) in [5.74, 6) is -0.369. The van der Waals surface area contributed by atoms with Gasteiger partial charge in [0.1, 0.15) is 6.04 Å². The molecule has 4 rings (SSSR count). The van der Waals surface area contributed by atoms with E-state index in [2.05, 4.69) is 10.6 Å². The van der Waals surface area contributed by atoms with Crippen LogP contribution in [0.2, 0.25) is 0 Å². The van der Waals surface area contributed by atoms with Crippen LogP contribution in [0, 0.1) is 5.92 Å². The van der Waals surface area contributed by atoms with E-state index in [0.717, 1.165) is 58.3 Å². The van der Waals surface area contributed by atoms with Crippen LogP contribution in [0.15, 0.2) is 59.5 Å². The van der Waals surface area contributed by atoms with Crippen molar-refractivity contribution >= 4 is 43.3 Å². The van der Waals surface area contributed by atoms with E-state index in [1.807, 2.05) is 24.3 Å². The molecular formula is C28H32F3N3O4S2. The number of nitrogens with zero attached hydrogens (tertiary/aromatic N) is 1. The van der Waals surface area contributed by atoms with Gasteiger partial charge in [0.25, 0.3) is 5.91 Å². The molecule has 0 unspecified atom stereocenters. The highest BCUT2D eigenvalue weighted by atomic mass is 32.2. The number of sulfonamides is 1. The van der Waals surface area contributed by atoms with Gasteiger partial charge in [0.2, 0.25) is 15.9 Å². The van der Waals surface area contributed by atoms with Gasteiger partial charge in [-0.05, 0) is 48.4 Å². The Morgan fingerprint density at radius 2 is 1.75 bits per heavy atom. The number of halogens is 3. The maximum absolute atomic E-state index is 13.4. The molecule has 1 aliphatic carbocycles. The van der Waals surface area contributed by atoms with Crippen molar-refractivity contribution in [3.63, 3.8) is 0 Å². The molecule has 2 N–H and O–H groups in total. The largest absolute Gasteiger partial charge is 0.417 e. The third-order valence-corrected chi connectivity index (χ3v) is 10.2. The van der Waals surface area contributed by atoms with Gasteiger partial charge < -0.3 is 10.6 Å². The number of fused-ring (bicyclic) bond motifs is 1. The van der Waals surface area contributed by atoms with Crippen LogP contribution in [0.1, 0.15) is 53.8 Å². The third-order valence-electron chi connectivity index (χ3n) is 7.14. The summed E-state index contributed by atoms with van der Waals surface area (Å²) in [7, 11) is -3.19. The molecule has 0 radical (unpaired) electrons.